The molecule has 0 aliphatic heterocycles. The Balaban J connectivity index is 2.10. The van der Waals surface area contributed by atoms with Gasteiger partial charge in [-0.2, -0.15) is 0 Å². The summed E-state index contributed by atoms with van der Waals surface area (Å²) in [5.41, 5.74) is 0.626. The number of halogens is 1. The second-order valence-electron chi connectivity index (χ2n) is 6.01. The van der Waals surface area contributed by atoms with E-state index < -0.39 is 0 Å². The molecule has 0 heterocycles. The van der Waals surface area contributed by atoms with E-state index in [4.69, 9.17) is 0 Å². The van der Waals surface area contributed by atoms with Gasteiger partial charge in [-0.05, 0) is 24.6 Å². The topological polar surface area (TPSA) is 20.3 Å². The van der Waals surface area contributed by atoms with Gasteiger partial charge in [0, 0.05) is 19.2 Å². The maximum atomic E-state index is 13.2. The molecule has 1 rings (SSSR count). The Morgan fingerprint density at radius 3 is 2.18 bits per heavy atom. The molecule has 0 bridgehead atoms. The number of hydrogen-bond donors (Lipinski definition) is 0. The summed E-state index contributed by atoms with van der Waals surface area (Å²) in [5.74, 6) is -0.242. The molecule has 1 aromatic rings. The van der Waals surface area contributed by atoms with E-state index in [0.29, 0.717) is 12.1 Å². The van der Waals surface area contributed by atoms with E-state index in [1.165, 1.54) is 57.1 Å². The lowest BCUT2D eigenvalue weighted by Gasteiger charge is -2.17. The van der Waals surface area contributed by atoms with Gasteiger partial charge < -0.3 is 4.90 Å². The van der Waals surface area contributed by atoms with E-state index in [2.05, 4.69) is 6.92 Å². The molecule has 0 aliphatic carbocycles. The first kappa shape index (κ1) is 18.7. The molecular weight excluding hydrogens is 277 g/mol. The second kappa shape index (κ2) is 11.2. The first-order chi connectivity index (χ1) is 10.6. The minimum absolute atomic E-state index is 0.0635. The van der Waals surface area contributed by atoms with Crippen molar-refractivity contribution >= 4 is 11.6 Å². The van der Waals surface area contributed by atoms with Crippen LogP contribution in [0, 0.1) is 5.82 Å². The lowest BCUT2D eigenvalue weighted by Crippen LogP contribution is -2.25. The number of nitrogens with zero attached hydrogens (tertiary/aromatic N) is 1. The van der Waals surface area contributed by atoms with Crippen molar-refractivity contribution in [1.29, 1.82) is 0 Å². The van der Waals surface area contributed by atoms with Crippen LogP contribution in [-0.4, -0.2) is 13.0 Å². The molecule has 0 atom stereocenters. The molecule has 0 fully saturated rings. The summed E-state index contributed by atoms with van der Waals surface area (Å²) in [5, 5.41) is 0. The first-order valence-electron chi connectivity index (χ1n) is 8.67. The van der Waals surface area contributed by atoms with Gasteiger partial charge in [0.15, 0.2) is 0 Å². The van der Waals surface area contributed by atoms with Crippen LogP contribution in [0.4, 0.5) is 10.1 Å². The molecule has 0 aromatic heterocycles. The van der Waals surface area contributed by atoms with E-state index >= 15 is 0 Å². The lowest BCUT2D eigenvalue weighted by molar-refractivity contribution is -0.118. The van der Waals surface area contributed by atoms with Gasteiger partial charge in [-0.25, -0.2) is 4.39 Å². The Morgan fingerprint density at radius 1 is 1.00 bits per heavy atom. The molecule has 0 radical (unpaired) electrons. The summed E-state index contributed by atoms with van der Waals surface area (Å²) in [6, 6.07) is 6.18. The molecule has 22 heavy (non-hydrogen) atoms. The Morgan fingerprint density at radius 2 is 1.59 bits per heavy atom. The number of anilines is 1. The average molecular weight is 307 g/mol. The summed E-state index contributed by atoms with van der Waals surface area (Å²) < 4.78 is 13.2. The third-order valence-corrected chi connectivity index (χ3v) is 4.06. The number of unbranched alkanes of at least 4 members (excludes halogenated alkanes) is 8. The average Bonchev–Trinajstić information content (AvgIpc) is 2.52. The quantitative estimate of drug-likeness (QED) is 0.479. The summed E-state index contributed by atoms with van der Waals surface area (Å²) in [7, 11) is 1.71. The van der Waals surface area contributed by atoms with Crippen molar-refractivity contribution < 1.29 is 9.18 Å². The smallest absolute Gasteiger partial charge is 0.226 e. The fourth-order valence-electron chi connectivity index (χ4n) is 2.58. The summed E-state index contributed by atoms with van der Waals surface area (Å²) >= 11 is 0. The molecule has 124 valence electrons. The van der Waals surface area contributed by atoms with Crippen LogP contribution in [0.25, 0.3) is 0 Å². The van der Waals surface area contributed by atoms with Crippen LogP contribution in [0.5, 0.6) is 0 Å². The highest BCUT2D eigenvalue weighted by atomic mass is 19.1. The minimum atomic E-state index is -0.305. The van der Waals surface area contributed by atoms with Crippen LogP contribution in [0.2, 0.25) is 0 Å². The fourth-order valence-corrected chi connectivity index (χ4v) is 2.58. The Kier molecular flexibility index (Phi) is 9.52. The second-order valence-corrected chi connectivity index (χ2v) is 6.01. The zero-order valence-corrected chi connectivity index (χ0v) is 14.1. The molecule has 3 heteroatoms. The Hall–Kier alpha value is -1.38. The van der Waals surface area contributed by atoms with Gasteiger partial charge in [0.1, 0.15) is 5.82 Å². The van der Waals surface area contributed by atoms with E-state index in [0.717, 1.165) is 12.8 Å². The van der Waals surface area contributed by atoms with Crippen molar-refractivity contribution in [3.8, 4) is 0 Å². The van der Waals surface area contributed by atoms with E-state index in [-0.39, 0.29) is 11.7 Å². The van der Waals surface area contributed by atoms with Gasteiger partial charge in [0.05, 0.1) is 0 Å². The number of carbonyl (C=O) groups excluding carboxylic acids is 1. The molecule has 1 amide bonds. The highest BCUT2D eigenvalue weighted by molar-refractivity contribution is 5.92. The third-order valence-electron chi connectivity index (χ3n) is 4.06. The van der Waals surface area contributed by atoms with Gasteiger partial charge >= 0.3 is 0 Å². The predicted octanol–water partition coefficient (Wildman–Crippen LogP) is 5.71. The highest BCUT2D eigenvalue weighted by Gasteiger charge is 2.10. The number of carbonyl (C=O) groups is 1. The fraction of sp³-hybridized carbons (Fsp3) is 0.632. The Bertz CT molecular complexity index is 433. The zero-order valence-electron chi connectivity index (χ0n) is 14.1. The SMILES string of the molecule is CCCCCCCCCCCC(=O)N(C)c1cccc(F)c1. The van der Waals surface area contributed by atoms with Crippen molar-refractivity contribution in [2.75, 3.05) is 11.9 Å². The number of hydrogen-bond acceptors (Lipinski definition) is 1. The van der Waals surface area contributed by atoms with E-state index in [9.17, 15) is 9.18 Å². The number of benzene rings is 1. The van der Waals surface area contributed by atoms with Crippen molar-refractivity contribution in [2.24, 2.45) is 0 Å². The van der Waals surface area contributed by atoms with Crippen LogP contribution in [0.15, 0.2) is 24.3 Å². The number of amides is 1. The maximum absolute atomic E-state index is 13.2. The predicted molar refractivity (Wildman–Crippen MR) is 91.7 cm³/mol. The van der Waals surface area contributed by atoms with Crippen LogP contribution in [0.1, 0.15) is 71.1 Å². The number of rotatable bonds is 11. The monoisotopic (exact) mass is 307 g/mol. The third kappa shape index (κ3) is 7.58. The van der Waals surface area contributed by atoms with E-state index in [1.54, 1.807) is 24.1 Å². The van der Waals surface area contributed by atoms with Crippen LogP contribution in [0.3, 0.4) is 0 Å². The minimum Gasteiger partial charge on any atom is -0.315 e. The van der Waals surface area contributed by atoms with E-state index in [1.807, 2.05) is 0 Å². The lowest BCUT2D eigenvalue weighted by atomic mass is 10.1. The van der Waals surface area contributed by atoms with Crippen molar-refractivity contribution in [2.45, 2.75) is 71.1 Å². The summed E-state index contributed by atoms with van der Waals surface area (Å²) in [6.45, 7) is 2.23. The molecule has 0 N–H and O–H groups in total. The van der Waals surface area contributed by atoms with Gasteiger partial charge in [-0.1, -0.05) is 64.4 Å². The van der Waals surface area contributed by atoms with Crippen LogP contribution in [-0.2, 0) is 4.79 Å². The molecule has 1 aromatic carbocycles. The molecule has 2 nitrogen and oxygen atoms in total. The zero-order chi connectivity index (χ0) is 16.2. The summed E-state index contributed by atoms with van der Waals surface area (Å²) in [6.07, 6.45) is 11.7. The first-order valence-corrected chi connectivity index (χ1v) is 8.67. The molecule has 0 saturated heterocycles. The normalized spacial score (nSPS) is 10.7. The van der Waals surface area contributed by atoms with Crippen molar-refractivity contribution in [3.63, 3.8) is 0 Å². The maximum Gasteiger partial charge on any atom is 0.226 e. The molecule has 0 spiro atoms. The van der Waals surface area contributed by atoms with Crippen molar-refractivity contribution in [3.05, 3.63) is 30.1 Å². The van der Waals surface area contributed by atoms with Gasteiger partial charge in [-0.15, -0.1) is 0 Å². The molecule has 0 unspecified atom stereocenters. The van der Waals surface area contributed by atoms with Crippen molar-refractivity contribution in [1.82, 2.24) is 0 Å². The molecule has 0 aliphatic rings. The largest absolute Gasteiger partial charge is 0.315 e. The van der Waals surface area contributed by atoms with Gasteiger partial charge in [0.25, 0.3) is 0 Å². The van der Waals surface area contributed by atoms with Crippen LogP contribution < -0.4 is 4.90 Å². The molecular formula is C19H30FNO. The summed E-state index contributed by atoms with van der Waals surface area (Å²) in [4.78, 5) is 13.6. The standard InChI is InChI=1S/C19H30FNO/c1-3-4-5-6-7-8-9-10-11-15-19(22)21(2)18-14-12-13-17(20)16-18/h12-14,16H,3-11,15H2,1-2H3. The van der Waals surface area contributed by atoms with Gasteiger partial charge in [-0.3, -0.25) is 4.79 Å². The van der Waals surface area contributed by atoms with Crippen LogP contribution >= 0.6 is 0 Å². The Labute approximate surface area is 134 Å². The highest BCUT2D eigenvalue weighted by Crippen LogP contribution is 2.16. The molecule has 0 saturated carbocycles. The van der Waals surface area contributed by atoms with Gasteiger partial charge in [0.2, 0.25) is 5.91 Å².